The highest BCUT2D eigenvalue weighted by Crippen LogP contribution is 2.21. The van der Waals surface area contributed by atoms with Crippen LogP contribution in [-0.2, 0) is 11.3 Å². The van der Waals surface area contributed by atoms with Gasteiger partial charge in [-0.25, -0.2) is 0 Å². The summed E-state index contributed by atoms with van der Waals surface area (Å²) in [4.78, 5) is 10.7. The molecule has 0 aliphatic heterocycles. The molecular formula is C12H12ClNO2. The van der Waals surface area contributed by atoms with Gasteiger partial charge in [-0.05, 0) is 18.6 Å². The molecule has 0 amide bonds. The van der Waals surface area contributed by atoms with Crippen LogP contribution in [0.3, 0.4) is 0 Å². The van der Waals surface area contributed by atoms with Crippen molar-refractivity contribution < 1.29 is 9.90 Å². The van der Waals surface area contributed by atoms with Crippen molar-refractivity contribution in [3.05, 3.63) is 36.0 Å². The number of nitrogens with zero attached hydrogens (tertiary/aromatic N) is 1. The number of aliphatic carboxylic acids is 1. The van der Waals surface area contributed by atoms with Crippen LogP contribution in [0.25, 0.3) is 10.9 Å². The SMILES string of the molecule is Cc1cn(CC(Cl)C(=O)O)c2ccccc12. The Balaban J connectivity index is 2.42. The van der Waals surface area contributed by atoms with Gasteiger partial charge in [-0.2, -0.15) is 0 Å². The number of halogens is 1. The van der Waals surface area contributed by atoms with Crippen LogP contribution in [0.1, 0.15) is 5.56 Å². The maximum absolute atomic E-state index is 10.7. The van der Waals surface area contributed by atoms with E-state index in [0.717, 1.165) is 16.5 Å². The Hall–Kier alpha value is -1.48. The third-order valence-corrected chi connectivity index (χ3v) is 2.94. The molecule has 0 saturated carbocycles. The van der Waals surface area contributed by atoms with E-state index in [1.807, 2.05) is 42.0 Å². The maximum atomic E-state index is 10.7. The van der Waals surface area contributed by atoms with Gasteiger partial charge >= 0.3 is 5.97 Å². The quantitative estimate of drug-likeness (QED) is 0.834. The van der Waals surface area contributed by atoms with Crippen LogP contribution >= 0.6 is 11.6 Å². The number of hydrogen-bond acceptors (Lipinski definition) is 1. The van der Waals surface area contributed by atoms with Gasteiger partial charge in [0.15, 0.2) is 0 Å². The molecule has 0 saturated heterocycles. The zero-order valence-electron chi connectivity index (χ0n) is 8.85. The third kappa shape index (κ3) is 1.91. The van der Waals surface area contributed by atoms with Crippen LogP contribution < -0.4 is 0 Å². The number of benzene rings is 1. The molecule has 0 radical (unpaired) electrons. The molecule has 16 heavy (non-hydrogen) atoms. The number of carboxylic acid groups (broad SMARTS) is 1. The zero-order chi connectivity index (χ0) is 11.7. The minimum Gasteiger partial charge on any atom is -0.480 e. The summed E-state index contributed by atoms with van der Waals surface area (Å²) < 4.78 is 1.89. The lowest BCUT2D eigenvalue weighted by atomic mass is 10.2. The molecule has 3 nitrogen and oxygen atoms in total. The van der Waals surface area contributed by atoms with Crippen molar-refractivity contribution in [1.29, 1.82) is 0 Å². The van der Waals surface area contributed by atoms with Crippen LogP contribution in [0.4, 0.5) is 0 Å². The Morgan fingerprint density at radius 2 is 2.19 bits per heavy atom. The highest BCUT2D eigenvalue weighted by Gasteiger charge is 2.15. The fraction of sp³-hybridized carbons (Fsp3) is 0.250. The van der Waals surface area contributed by atoms with E-state index < -0.39 is 11.3 Å². The summed E-state index contributed by atoms with van der Waals surface area (Å²) in [6, 6.07) is 7.89. The Morgan fingerprint density at radius 3 is 2.88 bits per heavy atom. The molecule has 0 spiro atoms. The van der Waals surface area contributed by atoms with Gasteiger partial charge in [0, 0.05) is 23.6 Å². The van der Waals surface area contributed by atoms with Gasteiger partial charge in [-0.15, -0.1) is 11.6 Å². The molecule has 1 N–H and O–H groups in total. The molecule has 2 rings (SSSR count). The van der Waals surface area contributed by atoms with Gasteiger partial charge in [-0.1, -0.05) is 18.2 Å². The zero-order valence-corrected chi connectivity index (χ0v) is 9.61. The molecule has 0 fully saturated rings. The van der Waals surface area contributed by atoms with Gasteiger partial charge in [0.05, 0.1) is 0 Å². The summed E-state index contributed by atoms with van der Waals surface area (Å²) in [5.41, 5.74) is 2.15. The first-order chi connectivity index (χ1) is 7.59. The third-order valence-electron chi connectivity index (χ3n) is 2.61. The molecule has 1 unspecified atom stereocenters. The monoisotopic (exact) mass is 237 g/mol. The number of rotatable bonds is 3. The molecular weight excluding hydrogens is 226 g/mol. The summed E-state index contributed by atoms with van der Waals surface area (Å²) >= 11 is 5.74. The van der Waals surface area contributed by atoms with E-state index in [9.17, 15) is 4.79 Å². The Labute approximate surface area is 98.3 Å². The van der Waals surface area contributed by atoms with Crippen molar-refractivity contribution >= 4 is 28.5 Å². The molecule has 2 aromatic rings. The predicted octanol–water partition coefficient (Wildman–Crippen LogP) is 2.64. The molecule has 0 aliphatic rings. The standard InChI is InChI=1S/C12H12ClNO2/c1-8-6-14(7-10(13)12(15)16)11-5-3-2-4-9(8)11/h2-6,10H,7H2,1H3,(H,15,16). The van der Waals surface area contributed by atoms with Crippen molar-refractivity contribution in [1.82, 2.24) is 4.57 Å². The predicted molar refractivity (Wildman–Crippen MR) is 64.0 cm³/mol. The lowest BCUT2D eigenvalue weighted by Crippen LogP contribution is -2.19. The average molecular weight is 238 g/mol. The summed E-state index contributed by atoms with van der Waals surface area (Å²) in [5, 5.41) is 9.02. The highest BCUT2D eigenvalue weighted by molar-refractivity contribution is 6.29. The number of para-hydroxylation sites is 1. The van der Waals surface area contributed by atoms with Crippen LogP contribution in [0, 0.1) is 6.92 Å². The van der Waals surface area contributed by atoms with Crippen LogP contribution in [0.2, 0.25) is 0 Å². The first-order valence-electron chi connectivity index (χ1n) is 5.01. The van der Waals surface area contributed by atoms with Crippen molar-refractivity contribution in [2.75, 3.05) is 0 Å². The number of carboxylic acids is 1. The van der Waals surface area contributed by atoms with E-state index in [-0.39, 0.29) is 6.54 Å². The van der Waals surface area contributed by atoms with Gasteiger partial charge in [0.25, 0.3) is 0 Å². The molecule has 84 valence electrons. The number of hydrogen-bond donors (Lipinski definition) is 1. The summed E-state index contributed by atoms with van der Waals surface area (Å²) in [6.45, 7) is 2.29. The fourth-order valence-corrected chi connectivity index (χ4v) is 1.98. The van der Waals surface area contributed by atoms with Crippen LogP contribution in [-0.4, -0.2) is 21.0 Å². The lowest BCUT2D eigenvalue weighted by Gasteiger charge is -2.07. The number of fused-ring (bicyclic) bond motifs is 1. The number of aromatic nitrogens is 1. The second-order valence-electron chi connectivity index (χ2n) is 3.79. The summed E-state index contributed by atoms with van der Waals surface area (Å²) in [5.74, 6) is -0.989. The molecule has 0 bridgehead atoms. The number of carbonyl (C=O) groups is 1. The smallest absolute Gasteiger partial charge is 0.323 e. The maximum Gasteiger partial charge on any atom is 0.323 e. The molecule has 1 aromatic carbocycles. The first-order valence-corrected chi connectivity index (χ1v) is 5.44. The second kappa shape index (κ2) is 4.18. The molecule has 1 atom stereocenters. The second-order valence-corrected chi connectivity index (χ2v) is 4.31. The van der Waals surface area contributed by atoms with E-state index in [2.05, 4.69) is 0 Å². The lowest BCUT2D eigenvalue weighted by molar-refractivity contribution is -0.136. The van der Waals surface area contributed by atoms with Gasteiger partial charge < -0.3 is 9.67 Å². The molecule has 1 aromatic heterocycles. The van der Waals surface area contributed by atoms with E-state index in [0.29, 0.717) is 0 Å². The summed E-state index contributed by atoms with van der Waals surface area (Å²) in [6.07, 6.45) is 1.93. The van der Waals surface area contributed by atoms with Gasteiger partial charge in [0.1, 0.15) is 5.38 Å². The molecule has 4 heteroatoms. The van der Waals surface area contributed by atoms with E-state index in [1.165, 1.54) is 0 Å². The Bertz CT molecular complexity index is 533. The van der Waals surface area contributed by atoms with E-state index >= 15 is 0 Å². The van der Waals surface area contributed by atoms with Gasteiger partial charge in [-0.3, -0.25) is 4.79 Å². The minimum atomic E-state index is -0.989. The van der Waals surface area contributed by atoms with Crippen molar-refractivity contribution in [2.45, 2.75) is 18.8 Å². The first kappa shape index (κ1) is 11.0. The van der Waals surface area contributed by atoms with Crippen molar-refractivity contribution in [3.8, 4) is 0 Å². The normalized spacial score (nSPS) is 12.9. The topological polar surface area (TPSA) is 42.2 Å². The molecule has 0 aliphatic carbocycles. The van der Waals surface area contributed by atoms with Gasteiger partial charge in [0.2, 0.25) is 0 Å². The van der Waals surface area contributed by atoms with Crippen LogP contribution in [0.15, 0.2) is 30.5 Å². The minimum absolute atomic E-state index is 0.283. The number of aryl methyl sites for hydroxylation is 1. The Morgan fingerprint density at radius 1 is 1.50 bits per heavy atom. The Kier molecular flexibility index (Phi) is 2.88. The average Bonchev–Trinajstić information content (AvgIpc) is 2.57. The highest BCUT2D eigenvalue weighted by atomic mass is 35.5. The van der Waals surface area contributed by atoms with Crippen molar-refractivity contribution in [2.24, 2.45) is 0 Å². The van der Waals surface area contributed by atoms with Crippen molar-refractivity contribution in [3.63, 3.8) is 0 Å². The number of alkyl halides is 1. The van der Waals surface area contributed by atoms with E-state index in [1.54, 1.807) is 0 Å². The summed E-state index contributed by atoms with van der Waals surface area (Å²) in [7, 11) is 0. The largest absolute Gasteiger partial charge is 0.480 e. The van der Waals surface area contributed by atoms with Crippen LogP contribution in [0.5, 0.6) is 0 Å². The molecule has 1 heterocycles. The van der Waals surface area contributed by atoms with E-state index in [4.69, 9.17) is 16.7 Å². The fourth-order valence-electron chi connectivity index (χ4n) is 1.83.